The van der Waals surface area contributed by atoms with Gasteiger partial charge in [-0.3, -0.25) is 0 Å². The van der Waals surface area contributed by atoms with E-state index in [1.165, 1.54) is 116 Å². The van der Waals surface area contributed by atoms with Crippen LogP contribution in [0.25, 0.3) is 4.13 Å². The van der Waals surface area contributed by atoms with Crippen molar-refractivity contribution in [2.45, 2.75) is 128 Å². The normalized spacial score (nSPS) is 13.0. The monoisotopic (exact) mass is 592 g/mol. The summed E-state index contributed by atoms with van der Waals surface area (Å²) in [6, 6.07) is 0. The quantitative estimate of drug-likeness (QED) is 0.124. The van der Waals surface area contributed by atoms with Crippen molar-refractivity contribution < 1.29 is 48.1 Å². The summed E-state index contributed by atoms with van der Waals surface area (Å²) >= 11 is 0. The highest BCUT2D eigenvalue weighted by Crippen LogP contribution is 2.36. The summed E-state index contributed by atoms with van der Waals surface area (Å²) in [6.45, 7) is 11.2. The van der Waals surface area contributed by atoms with Crippen molar-refractivity contribution in [1.29, 1.82) is 0 Å². The Bertz CT molecular complexity index is 683. The zero-order valence-electron chi connectivity index (χ0n) is 22.4. The molecule has 6 nitrogen and oxygen atoms in total. The van der Waals surface area contributed by atoms with E-state index in [0.717, 1.165) is 4.13 Å². The molecule has 14 heteroatoms. The Balaban J connectivity index is 0. The number of unbranched alkanes of at least 4 members (excludes halogenated alkanes) is 12. The Labute approximate surface area is 220 Å². The van der Waals surface area contributed by atoms with Gasteiger partial charge in [0.2, 0.25) is 0 Å². The largest absolute Gasteiger partial charge is 0.480 e. The van der Waals surface area contributed by atoms with E-state index >= 15 is 0 Å². The van der Waals surface area contributed by atoms with Gasteiger partial charge in [0.15, 0.2) is 20.0 Å². The Morgan fingerprint density at radius 3 is 0.946 bits per heavy atom. The standard InChI is InChI=1S/C21H45N.C2F6NO4S2/c1-4-7-10-13-16-19-22(20-17-14-11-8-5-2)21-18-15-12-9-6-3;3-1(4,5)14(10,11)9-15(12,13)2(6,7)8/h4-21H2,1-3H3;/q;-1/p+1. The smallest absolute Gasteiger partial charge is 0.421 e. The number of alkyl halides is 6. The van der Waals surface area contributed by atoms with Crippen LogP contribution in [-0.4, -0.2) is 47.5 Å². The minimum Gasteiger partial charge on any atom is -0.421 e. The molecule has 0 rings (SSSR count). The SMILES string of the molecule is CCCCCCC[NH+](CCCCCCC)CCCCCCC.O=S(=O)([N-]S(=O)(=O)C(F)(F)F)C(F)(F)F. The van der Waals surface area contributed by atoms with Crippen LogP contribution in [0.1, 0.15) is 117 Å². The summed E-state index contributed by atoms with van der Waals surface area (Å²) in [7, 11) is -13.4. The number of quaternary nitrogens is 1. The molecule has 0 spiro atoms. The molecule has 0 amide bonds. The van der Waals surface area contributed by atoms with Crippen molar-refractivity contribution in [3.8, 4) is 0 Å². The number of nitrogens with one attached hydrogen (secondary N) is 1. The van der Waals surface area contributed by atoms with Crippen molar-refractivity contribution in [3.63, 3.8) is 0 Å². The maximum atomic E-state index is 11.4. The van der Waals surface area contributed by atoms with Crippen LogP contribution in [-0.2, 0) is 20.0 Å². The third-order valence-electron chi connectivity index (χ3n) is 5.68. The predicted octanol–water partition coefficient (Wildman–Crippen LogP) is 6.84. The summed E-state index contributed by atoms with van der Waals surface area (Å²) in [5.41, 5.74) is -12.4. The average molecular weight is 593 g/mol. The lowest BCUT2D eigenvalue weighted by molar-refractivity contribution is -0.900. The summed E-state index contributed by atoms with van der Waals surface area (Å²) in [4.78, 5) is 1.91. The first-order valence-corrected chi connectivity index (χ1v) is 16.1. The number of hydrogen-bond acceptors (Lipinski definition) is 4. The van der Waals surface area contributed by atoms with E-state index in [0.29, 0.717) is 0 Å². The first kappa shape index (κ1) is 38.5. The molecule has 0 atom stereocenters. The fourth-order valence-corrected chi connectivity index (χ4v) is 5.23. The van der Waals surface area contributed by atoms with E-state index in [1.54, 1.807) is 0 Å². The van der Waals surface area contributed by atoms with E-state index in [9.17, 15) is 43.2 Å². The van der Waals surface area contributed by atoms with Crippen molar-refractivity contribution in [2.75, 3.05) is 19.6 Å². The number of nitrogens with zero attached hydrogens (tertiary/aromatic N) is 1. The van der Waals surface area contributed by atoms with Crippen LogP contribution in [0.5, 0.6) is 0 Å². The predicted molar refractivity (Wildman–Crippen MR) is 135 cm³/mol. The lowest BCUT2D eigenvalue weighted by Gasteiger charge is -2.22. The van der Waals surface area contributed by atoms with E-state index in [1.807, 2.05) is 4.90 Å². The third-order valence-corrected chi connectivity index (χ3v) is 8.42. The average Bonchev–Trinajstić information content (AvgIpc) is 2.76. The molecule has 1 N–H and O–H groups in total. The first-order valence-electron chi connectivity index (χ1n) is 13.3. The van der Waals surface area contributed by atoms with Crippen LogP contribution in [0.4, 0.5) is 26.3 Å². The number of sulfonamides is 2. The second kappa shape index (κ2) is 20.3. The van der Waals surface area contributed by atoms with Gasteiger partial charge in [0.25, 0.3) is 0 Å². The van der Waals surface area contributed by atoms with Gasteiger partial charge in [-0.2, -0.15) is 26.3 Å². The summed E-state index contributed by atoms with van der Waals surface area (Å²) in [6.07, 6.45) is 21.5. The van der Waals surface area contributed by atoms with Gasteiger partial charge in [-0.1, -0.05) is 78.6 Å². The van der Waals surface area contributed by atoms with Crippen LogP contribution < -0.4 is 4.90 Å². The Morgan fingerprint density at radius 1 is 0.486 bits per heavy atom. The van der Waals surface area contributed by atoms with Gasteiger partial charge in [0.1, 0.15) is 0 Å². The Hall–Kier alpha value is -0.600. The molecule has 0 aliphatic carbocycles. The van der Waals surface area contributed by atoms with Crippen molar-refractivity contribution in [2.24, 2.45) is 0 Å². The lowest BCUT2D eigenvalue weighted by atomic mass is 10.1. The molecule has 0 fully saturated rings. The number of hydrogen-bond donors (Lipinski definition) is 1. The highest BCUT2D eigenvalue weighted by atomic mass is 32.3. The zero-order chi connectivity index (χ0) is 29.0. The molecule has 0 aliphatic rings. The van der Waals surface area contributed by atoms with E-state index in [4.69, 9.17) is 0 Å². The maximum absolute atomic E-state index is 11.4. The molecule has 0 unspecified atom stereocenters. The second-order valence-electron chi connectivity index (χ2n) is 9.16. The Morgan fingerprint density at radius 2 is 0.730 bits per heavy atom. The fourth-order valence-electron chi connectivity index (χ4n) is 3.52. The van der Waals surface area contributed by atoms with E-state index in [2.05, 4.69) is 20.8 Å². The fraction of sp³-hybridized carbons (Fsp3) is 1.00. The molecule has 0 aliphatic heterocycles. The Kier molecular flexibility index (Phi) is 21.2. The molecule has 0 heterocycles. The van der Waals surface area contributed by atoms with Crippen molar-refractivity contribution in [1.82, 2.24) is 0 Å². The molecule has 226 valence electrons. The van der Waals surface area contributed by atoms with Crippen LogP contribution in [0.15, 0.2) is 0 Å². The zero-order valence-corrected chi connectivity index (χ0v) is 24.0. The van der Waals surface area contributed by atoms with E-state index < -0.39 is 31.1 Å². The lowest BCUT2D eigenvalue weighted by Crippen LogP contribution is -3.12. The summed E-state index contributed by atoms with van der Waals surface area (Å²) in [5.74, 6) is 0. The molecule has 0 saturated carbocycles. The summed E-state index contributed by atoms with van der Waals surface area (Å²) < 4.78 is 109. The second-order valence-corrected chi connectivity index (χ2v) is 12.6. The molecular weight excluding hydrogens is 546 g/mol. The maximum Gasteiger partial charge on any atom is 0.480 e. The molecule has 0 radical (unpaired) electrons. The van der Waals surface area contributed by atoms with Gasteiger partial charge >= 0.3 is 11.0 Å². The third kappa shape index (κ3) is 20.0. The summed E-state index contributed by atoms with van der Waals surface area (Å²) in [5, 5.41) is 0. The first-order chi connectivity index (χ1) is 17.1. The number of halogens is 6. The van der Waals surface area contributed by atoms with Gasteiger partial charge in [-0.25, -0.2) is 16.8 Å². The van der Waals surface area contributed by atoms with Crippen LogP contribution >= 0.6 is 0 Å². The highest BCUT2D eigenvalue weighted by Gasteiger charge is 2.46. The van der Waals surface area contributed by atoms with Crippen LogP contribution in [0.3, 0.4) is 0 Å². The van der Waals surface area contributed by atoms with Gasteiger partial charge in [0.05, 0.1) is 19.6 Å². The van der Waals surface area contributed by atoms with Gasteiger partial charge in [-0.05, 0) is 38.5 Å². The molecular formula is C23H46F6N2O4S2. The van der Waals surface area contributed by atoms with E-state index in [-0.39, 0.29) is 0 Å². The minimum atomic E-state index is -6.72. The minimum absolute atomic E-state index is 0.778. The molecule has 0 aromatic carbocycles. The van der Waals surface area contributed by atoms with Gasteiger partial charge in [-0.15, -0.1) is 0 Å². The van der Waals surface area contributed by atoms with Gasteiger partial charge < -0.3 is 9.03 Å². The van der Waals surface area contributed by atoms with Crippen LogP contribution in [0, 0.1) is 0 Å². The molecule has 0 aromatic heterocycles. The van der Waals surface area contributed by atoms with Crippen molar-refractivity contribution in [3.05, 3.63) is 4.13 Å². The topological polar surface area (TPSA) is 86.8 Å². The van der Waals surface area contributed by atoms with Crippen molar-refractivity contribution >= 4 is 20.0 Å². The highest BCUT2D eigenvalue weighted by molar-refractivity contribution is 8.13. The van der Waals surface area contributed by atoms with Crippen LogP contribution in [0.2, 0.25) is 0 Å². The molecule has 0 bridgehead atoms. The van der Waals surface area contributed by atoms with Gasteiger partial charge in [0, 0.05) is 0 Å². The number of rotatable bonds is 20. The molecule has 37 heavy (non-hydrogen) atoms. The molecule has 0 aromatic rings. The molecule has 0 saturated heterocycles.